The number of nitrogens with zero attached hydrogens (tertiary/aromatic N) is 3. The van der Waals surface area contributed by atoms with Gasteiger partial charge in [0.25, 0.3) is 0 Å². The first-order chi connectivity index (χ1) is 8.09. The molecule has 0 radical (unpaired) electrons. The van der Waals surface area contributed by atoms with Crippen LogP contribution in [0.25, 0.3) is 0 Å². The number of carbonyl (C=O) groups is 2. The van der Waals surface area contributed by atoms with Gasteiger partial charge in [0.15, 0.2) is 0 Å². The Kier molecular flexibility index (Phi) is 4.62. The highest BCUT2D eigenvalue weighted by atomic mass is 35.5. The zero-order valence-electron chi connectivity index (χ0n) is 9.26. The summed E-state index contributed by atoms with van der Waals surface area (Å²) in [6.07, 6.45) is 2.87. The minimum absolute atomic E-state index is 0. The SMILES string of the molecule is Cl.O=C(O)C[C@@H]1[C@@H](C(=O)O)NC[C@@H]1n1ccnn1. The van der Waals surface area contributed by atoms with Gasteiger partial charge in [-0.2, -0.15) is 0 Å². The van der Waals surface area contributed by atoms with Gasteiger partial charge in [0, 0.05) is 18.7 Å². The Labute approximate surface area is 108 Å². The standard InChI is InChI=1S/C9H12N4O4.ClH/c14-7(15)3-5-6(13-2-1-11-12-13)4-10-8(5)9(16)17;/h1-2,5-6,8,10H,3-4H2,(H,14,15)(H,16,17);1H/t5-,6-,8-;/m0./s1. The summed E-state index contributed by atoms with van der Waals surface area (Å²) in [5, 5.41) is 28.1. The van der Waals surface area contributed by atoms with Gasteiger partial charge in [-0.15, -0.1) is 17.5 Å². The third-order valence-electron chi connectivity index (χ3n) is 2.93. The third-order valence-corrected chi connectivity index (χ3v) is 2.93. The Morgan fingerprint density at radius 1 is 1.44 bits per heavy atom. The highest BCUT2D eigenvalue weighted by Crippen LogP contribution is 2.29. The third kappa shape index (κ3) is 2.77. The maximum absolute atomic E-state index is 11.0. The molecule has 1 aliphatic heterocycles. The van der Waals surface area contributed by atoms with Crippen molar-refractivity contribution in [2.24, 2.45) is 5.92 Å². The zero-order chi connectivity index (χ0) is 12.4. The van der Waals surface area contributed by atoms with Crippen molar-refractivity contribution in [2.75, 3.05) is 6.54 Å². The Morgan fingerprint density at radius 2 is 2.17 bits per heavy atom. The van der Waals surface area contributed by atoms with Crippen LogP contribution in [-0.4, -0.2) is 49.7 Å². The van der Waals surface area contributed by atoms with E-state index >= 15 is 0 Å². The number of nitrogens with one attached hydrogen (secondary N) is 1. The summed E-state index contributed by atoms with van der Waals surface area (Å²) in [7, 11) is 0. The molecule has 9 heteroatoms. The summed E-state index contributed by atoms with van der Waals surface area (Å²) < 4.78 is 1.50. The van der Waals surface area contributed by atoms with Crippen LogP contribution in [0.3, 0.4) is 0 Å². The lowest BCUT2D eigenvalue weighted by Crippen LogP contribution is -2.37. The molecule has 0 bridgehead atoms. The number of hydrogen-bond donors (Lipinski definition) is 3. The van der Waals surface area contributed by atoms with Crippen molar-refractivity contribution in [2.45, 2.75) is 18.5 Å². The van der Waals surface area contributed by atoms with E-state index in [2.05, 4.69) is 15.6 Å². The lowest BCUT2D eigenvalue weighted by Gasteiger charge is -2.19. The van der Waals surface area contributed by atoms with Crippen LogP contribution in [0.4, 0.5) is 0 Å². The topological polar surface area (TPSA) is 117 Å². The van der Waals surface area contributed by atoms with Gasteiger partial charge in [-0.3, -0.25) is 9.59 Å². The van der Waals surface area contributed by atoms with E-state index in [0.29, 0.717) is 6.54 Å². The second kappa shape index (κ2) is 5.78. The molecule has 1 fully saturated rings. The van der Waals surface area contributed by atoms with Crippen molar-refractivity contribution < 1.29 is 19.8 Å². The first kappa shape index (κ1) is 14.4. The first-order valence-electron chi connectivity index (χ1n) is 5.13. The molecule has 100 valence electrons. The maximum Gasteiger partial charge on any atom is 0.321 e. The van der Waals surface area contributed by atoms with Crippen molar-refractivity contribution in [3.8, 4) is 0 Å². The Bertz CT molecular complexity index is 424. The van der Waals surface area contributed by atoms with E-state index in [1.165, 1.54) is 10.9 Å². The zero-order valence-corrected chi connectivity index (χ0v) is 10.1. The highest BCUT2D eigenvalue weighted by Gasteiger charge is 2.42. The molecule has 1 aromatic rings. The number of carboxylic acids is 2. The molecule has 2 heterocycles. The van der Waals surface area contributed by atoms with E-state index in [1.54, 1.807) is 6.20 Å². The number of aliphatic carboxylic acids is 2. The molecule has 0 saturated carbocycles. The quantitative estimate of drug-likeness (QED) is 0.671. The number of rotatable bonds is 4. The normalized spacial score (nSPS) is 26.6. The van der Waals surface area contributed by atoms with Gasteiger partial charge in [-0.05, 0) is 0 Å². The molecule has 1 aromatic heterocycles. The second-order valence-electron chi connectivity index (χ2n) is 3.94. The lowest BCUT2D eigenvalue weighted by molar-refractivity contribution is -0.142. The molecule has 1 aliphatic rings. The molecule has 3 atom stereocenters. The summed E-state index contributed by atoms with van der Waals surface area (Å²) in [4.78, 5) is 21.8. The molecule has 3 N–H and O–H groups in total. The van der Waals surface area contributed by atoms with Crippen LogP contribution in [0, 0.1) is 5.92 Å². The Morgan fingerprint density at radius 3 is 2.67 bits per heavy atom. The van der Waals surface area contributed by atoms with Gasteiger partial charge < -0.3 is 15.5 Å². The van der Waals surface area contributed by atoms with Gasteiger partial charge in [0.2, 0.25) is 0 Å². The molecular weight excluding hydrogens is 264 g/mol. The van der Waals surface area contributed by atoms with Crippen LogP contribution < -0.4 is 5.32 Å². The Balaban J connectivity index is 0.00000162. The smallest absolute Gasteiger partial charge is 0.321 e. The van der Waals surface area contributed by atoms with E-state index in [-0.39, 0.29) is 24.9 Å². The van der Waals surface area contributed by atoms with Crippen molar-refractivity contribution in [3.63, 3.8) is 0 Å². The fourth-order valence-corrected chi connectivity index (χ4v) is 2.18. The number of hydrogen-bond acceptors (Lipinski definition) is 5. The van der Waals surface area contributed by atoms with Crippen LogP contribution in [0.1, 0.15) is 12.5 Å². The molecule has 0 spiro atoms. The van der Waals surface area contributed by atoms with Crippen LogP contribution in [0.5, 0.6) is 0 Å². The van der Waals surface area contributed by atoms with Gasteiger partial charge in [-0.25, -0.2) is 4.68 Å². The van der Waals surface area contributed by atoms with E-state index in [1.807, 2.05) is 0 Å². The molecule has 8 nitrogen and oxygen atoms in total. The lowest BCUT2D eigenvalue weighted by atomic mass is 9.93. The molecule has 0 amide bonds. The minimum Gasteiger partial charge on any atom is -0.481 e. The summed E-state index contributed by atoms with van der Waals surface area (Å²) in [6, 6.07) is -1.16. The van der Waals surface area contributed by atoms with E-state index in [0.717, 1.165) is 0 Å². The van der Waals surface area contributed by atoms with Gasteiger partial charge >= 0.3 is 11.9 Å². The van der Waals surface area contributed by atoms with Crippen LogP contribution >= 0.6 is 12.4 Å². The van der Waals surface area contributed by atoms with Crippen molar-refractivity contribution in [1.82, 2.24) is 20.3 Å². The molecule has 0 aliphatic carbocycles. The van der Waals surface area contributed by atoms with Crippen LogP contribution in [0.15, 0.2) is 12.4 Å². The monoisotopic (exact) mass is 276 g/mol. The summed E-state index contributed by atoms with van der Waals surface area (Å²) in [5.74, 6) is -2.60. The number of aromatic nitrogens is 3. The Hall–Kier alpha value is -1.67. The molecule has 0 aromatic carbocycles. The molecule has 18 heavy (non-hydrogen) atoms. The predicted octanol–water partition coefficient (Wildman–Crippen LogP) is -0.612. The first-order valence-corrected chi connectivity index (χ1v) is 5.13. The van der Waals surface area contributed by atoms with Crippen molar-refractivity contribution in [1.29, 1.82) is 0 Å². The molecular formula is C9H13ClN4O4. The average Bonchev–Trinajstić information content (AvgIpc) is 2.83. The van der Waals surface area contributed by atoms with Gasteiger partial charge in [0.05, 0.1) is 18.7 Å². The van der Waals surface area contributed by atoms with Crippen LogP contribution in [-0.2, 0) is 9.59 Å². The fraction of sp³-hybridized carbons (Fsp3) is 0.556. The number of carboxylic acid groups (broad SMARTS) is 2. The minimum atomic E-state index is -1.04. The molecule has 1 saturated heterocycles. The summed E-state index contributed by atoms with van der Waals surface area (Å²) in [6.45, 7) is 0.373. The number of halogens is 1. The van der Waals surface area contributed by atoms with Gasteiger partial charge in [0.1, 0.15) is 6.04 Å². The maximum atomic E-state index is 11.0. The fourth-order valence-electron chi connectivity index (χ4n) is 2.18. The summed E-state index contributed by atoms with van der Waals surface area (Å²) >= 11 is 0. The molecule has 0 unspecified atom stereocenters. The second-order valence-corrected chi connectivity index (χ2v) is 3.94. The van der Waals surface area contributed by atoms with E-state index in [9.17, 15) is 9.59 Å². The van der Waals surface area contributed by atoms with Crippen molar-refractivity contribution in [3.05, 3.63) is 12.4 Å². The summed E-state index contributed by atoms with van der Waals surface area (Å²) in [5.41, 5.74) is 0. The van der Waals surface area contributed by atoms with E-state index < -0.39 is 23.9 Å². The van der Waals surface area contributed by atoms with Crippen LogP contribution in [0.2, 0.25) is 0 Å². The van der Waals surface area contributed by atoms with E-state index in [4.69, 9.17) is 10.2 Å². The van der Waals surface area contributed by atoms with Gasteiger partial charge in [-0.1, -0.05) is 5.21 Å². The molecule has 2 rings (SSSR count). The average molecular weight is 277 g/mol. The largest absolute Gasteiger partial charge is 0.481 e. The highest BCUT2D eigenvalue weighted by molar-refractivity contribution is 5.85. The van der Waals surface area contributed by atoms with Crippen molar-refractivity contribution >= 4 is 24.3 Å². The predicted molar refractivity (Wildman–Crippen MR) is 61.5 cm³/mol.